The van der Waals surface area contributed by atoms with Gasteiger partial charge in [0.1, 0.15) is 11.3 Å². The molecule has 0 spiro atoms. The Kier molecular flexibility index (Phi) is 8.26. The van der Waals surface area contributed by atoms with Crippen molar-refractivity contribution in [1.29, 1.82) is 0 Å². The second-order valence-electron chi connectivity index (χ2n) is 3.85. The minimum atomic E-state index is -3.64. The van der Waals surface area contributed by atoms with E-state index in [4.69, 9.17) is 4.74 Å². The second-order valence-corrected chi connectivity index (χ2v) is 5.62. The van der Waals surface area contributed by atoms with Gasteiger partial charge >= 0.3 is 5.97 Å². The Labute approximate surface area is 130 Å². The average molecular weight is 339 g/mol. The third kappa shape index (κ3) is 5.16. The SMILES string of the molecule is CNCCNS(=O)(=O)c1ccc(C(=O)OC)c(OC)c1.Cl. The Balaban J connectivity index is 0.00000400. The van der Waals surface area contributed by atoms with Gasteiger partial charge in [0, 0.05) is 19.2 Å². The molecule has 0 amide bonds. The molecule has 0 aromatic heterocycles. The number of ether oxygens (including phenoxy) is 2. The maximum Gasteiger partial charge on any atom is 0.341 e. The number of hydrogen-bond acceptors (Lipinski definition) is 6. The van der Waals surface area contributed by atoms with E-state index in [0.717, 1.165) is 0 Å². The van der Waals surface area contributed by atoms with Crippen LogP contribution in [0.15, 0.2) is 23.1 Å². The van der Waals surface area contributed by atoms with Gasteiger partial charge in [-0.15, -0.1) is 12.4 Å². The molecule has 1 aromatic carbocycles. The van der Waals surface area contributed by atoms with E-state index < -0.39 is 16.0 Å². The average Bonchev–Trinajstić information content (AvgIpc) is 2.45. The molecule has 0 radical (unpaired) electrons. The van der Waals surface area contributed by atoms with Crippen molar-refractivity contribution in [3.8, 4) is 5.75 Å². The van der Waals surface area contributed by atoms with Gasteiger partial charge in [0.15, 0.2) is 0 Å². The first kappa shape index (κ1) is 19.7. The summed E-state index contributed by atoms with van der Waals surface area (Å²) in [5.74, 6) is -0.442. The topological polar surface area (TPSA) is 93.7 Å². The van der Waals surface area contributed by atoms with Crippen LogP contribution in [0.3, 0.4) is 0 Å². The van der Waals surface area contributed by atoms with Gasteiger partial charge in [-0.3, -0.25) is 0 Å². The lowest BCUT2D eigenvalue weighted by atomic mass is 10.2. The normalized spacial score (nSPS) is 10.6. The van der Waals surface area contributed by atoms with Crippen molar-refractivity contribution in [3.05, 3.63) is 23.8 Å². The summed E-state index contributed by atoms with van der Waals surface area (Å²) in [6.45, 7) is 0.774. The molecule has 2 N–H and O–H groups in total. The van der Waals surface area contributed by atoms with Crippen LogP contribution < -0.4 is 14.8 Å². The molecular formula is C12H19ClN2O5S. The molecule has 0 fully saturated rings. The maximum atomic E-state index is 12.0. The smallest absolute Gasteiger partial charge is 0.341 e. The molecule has 0 unspecified atom stereocenters. The first-order valence-electron chi connectivity index (χ1n) is 5.87. The quantitative estimate of drug-likeness (QED) is 0.552. The van der Waals surface area contributed by atoms with Gasteiger partial charge in [0.05, 0.1) is 19.1 Å². The van der Waals surface area contributed by atoms with Crippen molar-refractivity contribution in [3.63, 3.8) is 0 Å². The fourth-order valence-electron chi connectivity index (χ4n) is 1.51. The Morgan fingerprint density at radius 2 is 1.90 bits per heavy atom. The number of likely N-dealkylation sites (N-methyl/N-ethyl adjacent to an activating group) is 1. The number of methoxy groups -OCH3 is 2. The van der Waals surface area contributed by atoms with E-state index >= 15 is 0 Å². The van der Waals surface area contributed by atoms with Crippen molar-refractivity contribution >= 4 is 28.4 Å². The summed E-state index contributed by atoms with van der Waals surface area (Å²) in [4.78, 5) is 11.5. The zero-order chi connectivity index (χ0) is 15.2. The molecule has 1 aromatic rings. The molecule has 120 valence electrons. The van der Waals surface area contributed by atoms with Crippen LogP contribution in [-0.2, 0) is 14.8 Å². The summed E-state index contributed by atoms with van der Waals surface area (Å²) in [5, 5.41) is 2.83. The number of hydrogen-bond donors (Lipinski definition) is 2. The molecule has 0 heterocycles. The Hall–Kier alpha value is -1.35. The second kappa shape index (κ2) is 8.83. The van der Waals surface area contributed by atoms with E-state index in [0.29, 0.717) is 6.54 Å². The number of sulfonamides is 1. The van der Waals surface area contributed by atoms with Gasteiger partial charge in [-0.2, -0.15) is 0 Å². The first-order chi connectivity index (χ1) is 9.46. The molecule has 0 bridgehead atoms. The highest BCUT2D eigenvalue weighted by atomic mass is 35.5. The summed E-state index contributed by atoms with van der Waals surface area (Å²) in [7, 11) is 0.684. The molecule has 7 nitrogen and oxygen atoms in total. The van der Waals surface area contributed by atoms with Crippen LogP contribution in [-0.4, -0.2) is 48.7 Å². The molecule has 0 aliphatic heterocycles. The number of carbonyl (C=O) groups is 1. The van der Waals surface area contributed by atoms with E-state index in [1.807, 2.05) is 0 Å². The highest BCUT2D eigenvalue weighted by Crippen LogP contribution is 2.23. The van der Waals surface area contributed by atoms with E-state index in [1.54, 1.807) is 7.05 Å². The molecule has 0 atom stereocenters. The van der Waals surface area contributed by atoms with Crippen molar-refractivity contribution in [1.82, 2.24) is 10.0 Å². The van der Waals surface area contributed by atoms with E-state index in [-0.39, 0.29) is 35.2 Å². The number of carbonyl (C=O) groups excluding carboxylic acids is 1. The predicted molar refractivity (Wildman–Crippen MR) is 80.7 cm³/mol. The van der Waals surface area contributed by atoms with Crippen LogP contribution in [0.25, 0.3) is 0 Å². The van der Waals surface area contributed by atoms with Crippen LogP contribution in [0.1, 0.15) is 10.4 Å². The lowest BCUT2D eigenvalue weighted by Crippen LogP contribution is -2.30. The number of nitrogens with one attached hydrogen (secondary N) is 2. The number of halogens is 1. The lowest BCUT2D eigenvalue weighted by molar-refractivity contribution is 0.0597. The highest BCUT2D eigenvalue weighted by Gasteiger charge is 2.19. The monoisotopic (exact) mass is 338 g/mol. The summed E-state index contributed by atoms with van der Waals surface area (Å²) in [5.41, 5.74) is 0.171. The van der Waals surface area contributed by atoms with Crippen LogP contribution in [0, 0.1) is 0 Å². The molecule has 0 aliphatic carbocycles. The van der Waals surface area contributed by atoms with Crippen molar-refractivity contribution in [2.75, 3.05) is 34.4 Å². The van der Waals surface area contributed by atoms with Crippen LogP contribution in [0.2, 0.25) is 0 Å². The van der Waals surface area contributed by atoms with Gasteiger partial charge in [0.2, 0.25) is 10.0 Å². The number of benzene rings is 1. The minimum Gasteiger partial charge on any atom is -0.496 e. The molecular weight excluding hydrogens is 320 g/mol. The number of rotatable bonds is 7. The number of esters is 1. The van der Waals surface area contributed by atoms with Gasteiger partial charge in [0.25, 0.3) is 0 Å². The van der Waals surface area contributed by atoms with Crippen LogP contribution in [0.5, 0.6) is 5.75 Å². The molecule has 0 saturated heterocycles. The molecule has 0 aliphatic rings. The zero-order valence-corrected chi connectivity index (χ0v) is 13.6. The molecule has 9 heteroatoms. The fraction of sp³-hybridized carbons (Fsp3) is 0.417. The maximum absolute atomic E-state index is 12.0. The first-order valence-corrected chi connectivity index (χ1v) is 7.35. The third-order valence-corrected chi connectivity index (χ3v) is 4.01. The fourth-order valence-corrected chi connectivity index (χ4v) is 2.56. The Bertz CT molecular complexity index is 577. The van der Waals surface area contributed by atoms with Gasteiger partial charge in [-0.05, 0) is 19.2 Å². The van der Waals surface area contributed by atoms with Gasteiger partial charge < -0.3 is 14.8 Å². The minimum absolute atomic E-state index is 0. The third-order valence-electron chi connectivity index (χ3n) is 2.56. The van der Waals surface area contributed by atoms with Crippen molar-refractivity contribution in [2.24, 2.45) is 0 Å². The van der Waals surface area contributed by atoms with E-state index in [1.165, 1.54) is 32.4 Å². The van der Waals surface area contributed by atoms with E-state index in [9.17, 15) is 13.2 Å². The summed E-state index contributed by atoms with van der Waals surface area (Å²) >= 11 is 0. The standard InChI is InChI=1S/C12H18N2O5S.ClH/c1-13-6-7-14-20(16,17)9-4-5-10(12(15)19-3)11(8-9)18-2;/h4-5,8,13-14H,6-7H2,1-3H3;1H. The summed E-state index contributed by atoms with van der Waals surface area (Å²) < 4.78 is 36.1. The lowest BCUT2D eigenvalue weighted by Gasteiger charge is -2.10. The van der Waals surface area contributed by atoms with Crippen molar-refractivity contribution < 1.29 is 22.7 Å². The van der Waals surface area contributed by atoms with Crippen LogP contribution in [0.4, 0.5) is 0 Å². The summed E-state index contributed by atoms with van der Waals surface area (Å²) in [6.07, 6.45) is 0. The summed E-state index contributed by atoms with van der Waals surface area (Å²) in [6, 6.07) is 3.97. The largest absolute Gasteiger partial charge is 0.496 e. The highest BCUT2D eigenvalue weighted by molar-refractivity contribution is 7.89. The molecule has 1 rings (SSSR count). The van der Waals surface area contributed by atoms with Gasteiger partial charge in [-0.1, -0.05) is 0 Å². The Morgan fingerprint density at radius 3 is 2.43 bits per heavy atom. The Morgan fingerprint density at radius 1 is 1.24 bits per heavy atom. The van der Waals surface area contributed by atoms with Gasteiger partial charge in [-0.25, -0.2) is 17.9 Å². The molecule has 0 saturated carbocycles. The zero-order valence-electron chi connectivity index (χ0n) is 12.0. The predicted octanol–water partition coefficient (Wildman–Crippen LogP) is 0.401. The van der Waals surface area contributed by atoms with Crippen LogP contribution >= 0.6 is 12.4 Å². The molecule has 21 heavy (non-hydrogen) atoms. The van der Waals surface area contributed by atoms with Crippen molar-refractivity contribution in [2.45, 2.75) is 4.90 Å². The van der Waals surface area contributed by atoms with E-state index in [2.05, 4.69) is 14.8 Å².